The Labute approximate surface area is 155 Å². The van der Waals surface area contributed by atoms with Crippen LogP contribution in [-0.2, 0) is 17.1 Å². The summed E-state index contributed by atoms with van der Waals surface area (Å²) in [6.45, 7) is 3.76. The summed E-state index contributed by atoms with van der Waals surface area (Å²) in [5, 5.41) is 0. The van der Waals surface area contributed by atoms with Crippen molar-refractivity contribution in [3.63, 3.8) is 0 Å². The highest BCUT2D eigenvalue weighted by Gasteiger charge is 2.35. The molecule has 1 atom stereocenters. The molecule has 0 bridgehead atoms. The van der Waals surface area contributed by atoms with Crippen molar-refractivity contribution in [1.82, 2.24) is 4.57 Å². The van der Waals surface area contributed by atoms with Gasteiger partial charge in [0, 0.05) is 26.5 Å². The molecule has 2 heterocycles. The molecule has 0 unspecified atom stereocenters. The molecule has 4 rings (SSSR count). The van der Waals surface area contributed by atoms with Crippen molar-refractivity contribution < 1.29 is 22.3 Å². The molecule has 0 amide bonds. The van der Waals surface area contributed by atoms with Crippen LogP contribution in [0.25, 0.3) is 11.1 Å². The second-order valence-corrected chi connectivity index (χ2v) is 8.20. The van der Waals surface area contributed by atoms with E-state index >= 15 is 0 Å². The van der Waals surface area contributed by atoms with Gasteiger partial charge in [-0.15, -0.1) is 0 Å². The van der Waals surface area contributed by atoms with Crippen molar-refractivity contribution in [3.05, 3.63) is 46.9 Å². The number of rotatable bonds is 4. The lowest BCUT2D eigenvalue weighted by Crippen LogP contribution is -2.33. The van der Waals surface area contributed by atoms with Crippen molar-refractivity contribution in [2.45, 2.75) is 31.0 Å². The normalized spacial score (nSPS) is 18.8. The number of hydrogen-bond donors (Lipinski definition) is 1. The Morgan fingerprint density at radius 3 is 2.59 bits per heavy atom. The van der Waals surface area contributed by atoms with E-state index in [1.54, 1.807) is 18.2 Å². The van der Waals surface area contributed by atoms with Crippen LogP contribution < -0.4 is 20.0 Å². The molecule has 1 N–H and O–H groups in total. The fraction of sp³-hybridized carbons (Fsp3) is 0.278. The maximum atomic E-state index is 12.7. The molecule has 8 nitrogen and oxygen atoms in total. The van der Waals surface area contributed by atoms with E-state index in [1.807, 2.05) is 13.8 Å². The number of nitrogens with zero attached hydrogens (tertiary/aromatic N) is 1. The Kier molecular flexibility index (Phi) is 3.74. The van der Waals surface area contributed by atoms with Crippen LogP contribution in [0.4, 0.5) is 5.69 Å². The largest absolute Gasteiger partial charge is 0.449 e. The summed E-state index contributed by atoms with van der Waals surface area (Å²) >= 11 is 0. The maximum Gasteiger partial charge on any atom is 0.419 e. The molecule has 27 heavy (non-hydrogen) atoms. The first kappa shape index (κ1) is 17.5. The molecular weight excluding hydrogens is 372 g/mol. The van der Waals surface area contributed by atoms with Gasteiger partial charge in [-0.3, -0.25) is 9.29 Å². The number of sulfonamides is 1. The highest BCUT2D eigenvalue weighted by molar-refractivity contribution is 7.92. The third-order valence-corrected chi connectivity index (χ3v) is 5.94. The second kappa shape index (κ2) is 5.78. The van der Waals surface area contributed by atoms with Gasteiger partial charge in [0.2, 0.25) is 5.79 Å². The second-order valence-electron chi connectivity index (χ2n) is 6.52. The van der Waals surface area contributed by atoms with E-state index in [0.29, 0.717) is 34.7 Å². The van der Waals surface area contributed by atoms with Crippen molar-refractivity contribution in [2.75, 3.05) is 4.72 Å². The molecule has 142 valence electrons. The molecule has 0 fully saturated rings. The summed E-state index contributed by atoms with van der Waals surface area (Å²) in [5.41, 5.74) is 1.06. The number of hydrogen-bond acceptors (Lipinski definition) is 6. The number of oxazole rings is 1. The summed E-state index contributed by atoms with van der Waals surface area (Å²) in [4.78, 5) is 11.6. The average molecular weight is 390 g/mol. The molecule has 0 saturated carbocycles. The van der Waals surface area contributed by atoms with Gasteiger partial charge >= 0.3 is 5.76 Å². The standard InChI is InChI=1S/C18H18N2O6S/c1-4-18(2)25-15-7-5-11(9-16(15)26-18)19-27(22,23)12-6-8-14-13(10-12)20(3)17(21)24-14/h5-10,19H,4H2,1-3H3/t18-/m1/s1. The molecule has 0 spiro atoms. The Morgan fingerprint density at radius 1 is 1.11 bits per heavy atom. The zero-order chi connectivity index (χ0) is 19.4. The smallest absolute Gasteiger partial charge is 0.419 e. The van der Waals surface area contributed by atoms with Gasteiger partial charge in [-0.1, -0.05) is 6.92 Å². The number of ether oxygens (including phenoxy) is 2. The van der Waals surface area contributed by atoms with Crippen LogP contribution in [0.1, 0.15) is 20.3 Å². The van der Waals surface area contributed by atoms with Gasteiger partial charge in [-0.05, 0) is 30.3 Å². The van der Waals surface area contributed by atoms with Crippen LogP contribution in [0, 0.1) is 0 Å². The van der Waals surface area contributed by atoms with Gasteiger partial charge in [-0.2, -0.15) is 0 Å². The van der Waals surface area contributed by atoms with Gasteiger partial charge in [0.25, 0.3) is 10.0 Å². The first-order chi connectivity index (χ1) is 12.7. The fourth-order valence-corrected chi connectivity index (χ4v) is 3.92. The van der Waals surface area contributed by atoms with Crippen LogP contribution in [0.3, 0.4) is 0 Å². The van der Waals surface area contributed by atoms with E-state index in [4.69, 9.17) is 13.9 Å². The third-order valence-electron chi connectivity index (χ3n) is 4.56. The van der Waals surface area contributed by atoms with E-state index in [-0.39, 0.29) is 4.90 Å². The van der Waals surface area contributed by atoms with Crippen molar-refractivity contribution in [3.8, 4) is 11.5 Å². The minimum atomic E-state index is -3.87. The van der Waals surface area contributed by atoms with Crippen LogP contribution in [0.15, 0.2) is 50.5 Å². The predicted octanol–water partition coefficient (Wildman–Crippen LogP) is 2.83. The molecule has 3 aromatic rings. The number of aryl methyl sites for hydroxylation is 1. The van der Waals surface area contributed by atoms with E-state index in [2.05, 4.69) is 4.72 Å². The minimum absolute atomic E-state index is 0.0162. The number of aromatic nitrogens is 1. The Bertz CT molecular complexity index is 1210. The topological polar surface area (TPSA) is 99.8 Å². The average Bonchev–Trinajstić information content (AvgIpc) is 3.11. The van der Waals surface area contributed by atoms with E-state index in [9.17, 15) is 13.2 Å². The molecule has 0 saturated heterocycles. The summed E-state index contributed by atoms with van der Waals surface area (Å²) in [6.07, 6.45) is 0.645. The maximum absolute atomic E-state index is 12.7. The fourth-order valence-electron chi connectivity index (χ4n) is 2.85. The van der Waals surface area contributed by atoms with Gasteiger partial charge in [0.05, 0.1) is 16.1 Å². The van der Waals surface area contributed by atoms with Gasteiger partial charge in [-0.25, -0.2) is 13.2 Å². The van der Waals surface area contributed by atoms with Crippen molar-refractivity contribution in [1.29, 1.82) is 0 Å². The quantitative estimate of drug-likeness (QED) is 0.735. The monoisotopic (exact) mass is 390 g/mol. The van der Waals surface area contributed by atoms with Crippen molar-refractivity contribution >= 4 is 26.8 Å². The molecule has 0 aliphatic carbocycles. The molecule has 9 heteroatoms. The summed E-state index contributed by atoms with van der Waals surface area (Å²) < 4.78 is 45.8. The predicted molar refractivity (Wildman–Crippen MR) is 98.7 cm³/mol. The summed E-state index contributed by atoms with van der Waals surface area (Å²) in [7, 11) is -2.35. The SMILES string of the molecule is CC[C@]1(C)Oc2ccc(NS(=O)(=O)c3ccc4oc(=O)n(C)c4c3)cc2O1. The van der Waals surface area contributed by atoms with Gasteiger partial charge < -0.3 is 13.9 Å². The number of fused-ring (bicyclic) bond motifs is 2. The molecular formula is C18H18N2O6S. The first-order valence-corrected chi connectivity index (χ1v) is 9.83. The number of anilines is 1. The summed E-state index contributed by atoms with van der Waals surface area (Å²) in [6, 6.07) is 9.08. The van der Waals surface area contributed by atoms with E-state index in [1.165, 1.54) is 29.8 Å². The Hall–Kier alpha value is -2.94. The molecule has 0 radical (unpaired) electrons. The third kappa shape index (κ3) is 2.93. The van der Waals surface area contributed by atoms with Gasteiger partial charge in [0.15, 0.2) is 17.1 Å². The van der Waals surface area contributed by atoms with Gasteiger partial charge in [0.1, 0.15) is 0 Å². The molecule has 1 aliphatic rings. The van der Waals surface area contributed by atoms with Crippen LogP contribution >= 0.6 is 0 Å². The minimum Gasteiger partial charge on any atom is -0.449 e. The molecule has 1 aromatic heterocycles. The molecule has 1 aliphatic heterocycles. The summed E-state index contributed by atoms with van der Waals surface area (Å²) in [5.74, 6) is -0.261. The molecule has 2 aromatic carbocycles. The van der Waals surface area contributed by atoms with Crippen LogP contribution in [0.5, 0.6) is 11.5 Å². The number of benzene rings is 2. The van der Waals surface area contributed by atoms with E-state index < -0.39 is 21.6 Å². The van der Waals surface area contributed by atoms with Crippen molar-refractivity contribution in [2.24, 2.45) is 7.05 Å². The Morgan fingerprint density at radius 2 is 1.85 bits per heavy atom. The highest BCUT2D eigenvalue weighted by atomic mass is 32.2. The number of nitrogens with one attached hydrogen (secondary N) is 1. The lowest BCUT2D eigenvalue weighted by molar-refractivity contribution is -0.0640. The first-order valence-electron chi connectivity index (χ1n) is 8.35. The Balaban J connectivity index is 1.66. The highest BCUT2D eigenvalue weighted by Crippen LogP contribution is 2.42. The van der Waals surface area contributed by atoms with E-state index in [0.717, 1.165) is 0 Å². The van der Waals surface area contributed by atoms with Crippen LogP contribution in [0.2, 0.25) is 0 Å². The van der Waals surface area contributed by atoms with Crippen LogP contribution in [-0.4, -0.2) is 18.8 Å². The zero-order valence-corrected chi connectivity index (χ0v) is 15.8. The lowest BCUT2D eigenvalue weighted by atomic mass is 10.2. The zero-order valence-electron chi connectivity index (χ0n) is 15.0. The lowest BCUT2D eigenvalue weighted by Gasteiger charge is -2.20.